The first kappa shape index (κ1) is 11.5. The second-order valence-electron chi connectivity index (χ2n) is 4.05. The van der Waals surface area contributed by atoms with Gasteiger partial charge in [0.05, 0.1) is 12.7 Å². The second-order valence-corrected chi connectivity index (χ2v) is 4.70. The van der Waals surface area contributed by atoms with Gasteiger partial charge in [-0.1, -0.05) is 42.1 Å². The molecule has 0 heterocycles. The van der Waals surface area contributed by atoms with Crippen LogP contribution in [0, 0.1) is 5.92 Å². The maximum Gasteiger partial charge on any atom is 0.0575 e. The third kappa shape index (κ3) is 4.46. The highest BCUT2D eigenvalue weighted by Gasteiger charge is 2.16. The van der Waals surface area contributed by atoms with Crippen molar-refractivity contribution in [3.05, 3.63) is 0 Å². The van der Waals surface area contributed by atoms with Gasteiger partial charge in [-0.15, -0.1) is 0 Å². The molecule has 1 saturated carbocycles. The lowest BCUT2D eigenvalue weighted by Gasteiger charge is -2.17. The molecule has 1 rings (SSSR count). The summed E-state index contributed by atoms with van der Waals surface area (Å²) in [5.74, 6) is 0.727. The Morgan fingerprint density at radius 3 is 2.62 bits per heavy atom. The predicted octanol–water partition coefficient (Wildman–Crippen LogP) is 3.76. The van der Waals surface area contributed by atoms with E-state index in [2.05, 4.69) is 22.9 Å². The first-order valence-corrected chi connectivity index (χ1v) is 6.66. The predicted molar refractivity (Wildman–Crippen MR) is 60.4 cm³/mol. The van der Waals surface area contributed by atoms with Gasteiger partial charge in [0.25, 0.3) is 0 Å². The van der Waals surface area contributed by atoms with Crippen molar-refractivity contribution in [2.75, 3.05) is 11.9 Å². The van der Waals surface area contributed by atoms with Gasteiger partial charge in [0.1, 0.15) is 0 Å². The molecule has 0 aromatic rings. The van der Waals surface area contributed by atoms with E-state index in [-0.39, 0.29) is 0 Å². The van der Waals surface area contributed by atoms with Crippen LogP contribution in [0.1, 0.15) is 45.4 Å². The lowest BCUT2D eigenvalue weighted by Crippen LogP contribution is -2.16. The molecule has 0 amide bonds. The summed E-state index contributed by atoms with van der Waals surface area (Å²) in [6.07, 6.45) is 8.47. The molecule has 78 valence electrons. The molecule has 1 atom stereocenters. The normalized spacial score (nSPS) is 20.8. The first-order chi connectivity index (χ1) is 6.36. The molecule has 1 fully saturated rings. The van der Waals surface area contributed by atoms with Crippen LogP contribution in [0.25, 0.3) is 0 Å². The fraction of sp³-hybridized carbons (Fsp3) is 1.00. The number of hydrogen-bond donors (Lipinski definition) is 0. The van der Waals surface area contributed by atoms with E-state index in [1.807, 2.05) is 0 Å². The van der Waals surface area contributed by atoms with Gasteiger partial charge in [-0.05, 0) is 25.2 Å². The Morgan fingerprint density at radius 1 is 1.38 bits per heavy atom. The topological polar surface area (TPSA) is 9.23 Å². The minimum atomic E-state index is 0.582. The molecule has 0 aromatic carbocycles. The van der Waals surface area contributed by atoms with Crippen LogP contribution in [0.5, 0.6) is 0 Å². The lowest BCUT2D eigenvalue weighted by molar-refractivity contribution is 0.0365. The summed E-state index contributed by atoms with van der Waals surface area (Å²) in [4.78, 5) is 0. The average Bonchev–Trinajstić information content (AvgIpc) is 2.64. The highest BCUT2D eigenvalue weighted by molar-refractivity contribution is 9.09. The van der Waals surface area contributed by atoms with Crippen molar-refractivity contribution in [2.24, 2.45) is 5.92 Å². The Bertz CT molecular complexity index is 121. The van der Waals surface area contributed by atoms with Gasteiger partial charge in [-0.3, -0.25) is 0 Å². The van der Waals surface area contributed by atoms with E-state index in [9.17, 15) is 0 Å². The zero-order valence-corrected chi connectivity index (χ0v) is 10.2. The van der Waals surface area contributed by atoms with Gasteiger partial charge < -0.3 is 4.74 Å². The van der Waals surface area contributed by atoms with Gasteiger partial charge in [-0.25, -0.2) is 0 Å². The highest BCUT2D eigenvalue weighted by Crippen LogP contribution is 2.22. The van der Waals surface area contributed by atoms with Gasteiger partial charge in [-0.2, -0.15) is 0 Å². The molecule has 0 spiro atoms. The van der Waals surface area contributed by atoms with Crippen LogP contribution in [0.15, 0.2) is 0 Å². The summed E-state index contributed by atoms with van der Waals surface area (Å²) in [5, 5.41) is 1.09. The summed E-state index contributed by atoms with van der Waals surface area (Å²) in [6, 6.07) is 0. The van der Waals surface area contributed by atoms with Crippen LogP contribution >= 0.6 is 15.9 Å². The molecule has 0 saturated heterocycles. The van der Waals surface area contributed by atoms with Crippen molar-refractivity contribution in [3.8, 4) is 0 Å². The van der Waals surface area contributed by atoms with Crippen molar-refractivity contribution in [3.63, 3.8) is 0 Å². The molecule has 1 aliphatic carbocycles. The quantitative estimate of drug-likeness (QED) is 0.651. The molecular weight excluding hydrogens is 228 g/mol. The van der Waals surface area contributed by atoms with Crippen molar-refractivity contribution >= 4 is 15.9 Å². The number of hydrogen-bond acceptors (Lipinski definition) is 1. The number of ether oxygens (including phenoxy) is 1. The van der Waals surface area contributed by atoms with E-state index in [1.54, 1.807) is 0 Å². The van der Waals surface area contributed by atoms with Crippen LogP contribution < -0.4 is 0 Å². The average molecular weight is 249 g/mol. The maximum absolute atomic E-state index is 5.88. The molecule has 2 heteroatoms. The molecule has 0 aliphatic heterocycles. The standard InChI is InChI=1S/C11H21BrO/c1-2-5-10(8-12)9-13-11-6-3-4-7-11/h10-11H,2-9H2,1H3. The third-order valence-electron chi connectivity index (χ3n) is 2.78. The van der Waals surface area contributed by atoms with Gasteiger partial charge in [0.15, 0.2) is 0 Å². The summed E-state index contributed by atoms with van der Waals surface area (Å²) in [5.41, 5.74) is 0. The second kappa shape index (κ2) is 6.83. The van der Waals surface area contributed by atoms with Crippen LogP contribution in [0.3, 0.4) is 0 Å². The molecule has 1 nitrogen and oxygen atoms in total. The van der Waals surface area contributed by atoms with Crippen molar-refractivity contribution in [1.82, 2.24) is 0 Å². The van der Waals surface area contributed by atoms with E-state index in [0.29, 0.717) is 6.10 Å². The fourth-order valence-electron chi connectivity index (χ4n) is 1.94. The summed E-state index contributed by atoms with van der Waals surface area (Å²) in [6.45, 7) is 3.20. The number of rotatable bonds is 6. The Kier molecular flexibility index (Phi) is 6.05. The van der Waals surface area contributed by atoms with E-state index in [0.717, 1.165) is 17.9 Å². The molecule has 1 unspecified atom stereocenters. The summed E-state index contributed by atoms with van der Waals surface area (Å²) >= 11 is 3.55. The first-order valence-electron chi connectivity index (χ1n) is 5.54. The van der Waals surface area contributed by atoms with Crippen LogP contribution in [0.4, 0.5) is 0 Å². The Balaban J connectivity index is 2.07. The lowest BCUT2D eigenvalue weighted by atomic mass is 10.1. The zero-order valence-electron chi connectivity index (χ0n) is 8.60. The monoisotopic (exact) mass is 248 g/mol. The van der Waals surface area contributed by atoms with Gasteiger partial charge >= 0.3 is 0 Å². The van der Waals surface area contributed by atoms with E-state index >= 15 is 0 Å². The molecule has 0 N–H and O–H groups in total. The van der Waals surface area contributed by atoms with E-state index in [1.165, 1.54) is 38.5 Å². The molecular formula is C11H21BrO. The smallest absolute Gasteiger partial charge is 0.0575 e. The maximum atomic E-state index is 5.88. The Labute approximate surface area is 90.4 Å². The fourth-order valence-corrected chi connectivity index (χ4v) is 2.45. The minimum Gasteiger partial charge on any atom is -0.378 e. The molecule has 1 aliphatic rings. The largest absolute Gasteiger partial charge is 0.378 e. The van der Waals surface area contributed by atoms with Gasteiger partial charge in [0, 0.05) is 5.33 Å². The Morgan fingerprint density at radius 2 is 2.08 bits per heavy atom. The Hall–Kier alpha value is 0.440. The van der Waals surface area contributed by atoms with Crippen LogP contribution in [-0.4, -0.2) is 18.0 Å². The highest BCUT2D eigenvalue weighted by atomic mass is 79.9. The third-order valence-corrected chi connectivity index (χ3v) is 3.70. The molecule has 0 aromatic heterocycles. The summed E-state index contributed by atoms with van der Waals surface area (Å²) < 4.78 is 5.88. The van der Waals surface area contributed by atoms with Crippen molar-refractivity contribution in [1.29, 1.82) is 0 Å². The van der Waals surface area contributed by atoms with Crippen molar-refractivity contribution in [2.45, 2.75) is 51.6 Å². The molecule has 13 heavy (non-hydrogen) atoms. The van der Waals surface area contributed by atoms with E-state index in [4.69, 9.17) is 4.74 Å². The molecule has 0 radical (unpaired) electrons. The van der Waals surface area contributed by atoms with Crippen molar-refractivity contribution < 1.29 is 4.74 Å². The van der Waals surface area contributed by atoms with E-state index < -0.39 is 0 Å². The molecule has 0 bridgehead atoms. The number of alkyl halides is 1. The zero-order chi connectivity index (χ0) is 9.52. The van der Waals surface area contributed by atoms with Crippen LogP contribution in [-0.2, 0) is 4.74 Å². The van der Waals surface area contributed by atoms with Crippen LogP contribution in [0.2, 0.25) is 0 Å². The SMILES string of the molecule is CCCC(CBr)COC1CCCC1. The van der Waals surface area contributed by atoms with Gasteiger partial charge in [0.2, 0.25) is 0 Å². The minimum absolute atomic E-state index is 0.582. The number of halogens is 1. The summed E-state index contributed by atoms with van der Waals surface area (Å²) in [7, 11) is 0.